The highest BCUT2D eigenvalue weighted by atomic mass is 79.9. The molecule has 2 N–H and O–H groups in total. The van der Waals surface area contributed by atoms with E-state index in [1.165, 1.54) is 6.33 Å². The van der Waals surface area contributed by atoms with Crippen molar-refractivity contribution in [1.82, 2.24) is 14.8 Å². The number of ether oxygens (including phenoxy) is 1. The molecule has 0 spiro atoms. The third-order valence-corrected chi connectivity index (χ3v) is 5.46. The van der Waals surface area contributed by atoms with Crippen molar-refractivity contribution in [2.45, 2.75) is 19.4 Å². The van der Waals surface area contributed by atoms with Crippen LogP contribution in [0.25, 0.3) is 0 Å². The predicted octanol–water partition coefficient (Wildman–Crippen LogP) is 3.30. The van der Waals surface area contributed by atoms with Crippen LogP contribution in [-0.2, 0) is 9.59 Å². The Labute approximate surface area is 175 Å². The summed E-state index contributed by atoms with van der Waals surface area (Å²) in [4.78, 5) is 28.0. The molecule has 0 saturated heterocycles. The summed E-state index contributed by atoms with van der Waals surface area (Å²) in [7, 11) is 0. The number of aryl methyl sites for hydroxylation is 1. The number of carbonyl (C=O) groups excluding carboxylic acids is 2. The fraction of sp³-hybridized carbons (Fsp3) is 0.200. The molecular weight excluding hydrogens is 438 g/mol. The molecule has 2 aromatic carbocycles. The molecule has 0 fully saturated rings. The number of amides is 2. The largest absolute Gasteiger partial charge is 0.484 e. The average molecular weight is 456 g/mol. The highest BCUT2D eigenvalue weighted by Crippen LogP contribution is 2.29. The van der Waals surface area contributed by atoms with E-state index < -0.39 is 0 Å². The van der Waals surface area contributed by atoms with Crippen LogP contribution < -0.4 is 15.4 Å². The van der Waals surface area contributed by atoms with E-state index in [1.54, 1.807) is 16.8 Å². The van der Waals surface area contributed by atoms with Gasteiger partial charge in [0.1, 0.15) is 12.1 Å². The van der Waals surface area contributed by atoms with Crippen molar-refractivity contribution in [3.05, 3.63) is 64.4 Å². The molecule has 29 heavy (non-hydrogen) atoms. The third kappa shape index (κ3) is 4.29. The molecule has 8 nitrogen and oxygen atoms in total. The summed E-state index contributed by atoms with van der Waals surface area (Å²) >= 11 is 3.43. The summed E-state index contributed by atoms with van der Waals surface area (Å²) in [5, 5.41) is 9.68. The van der Waals surface area contributed by atoms with Crippen molar-refractivity contribution >= 4 is 39.4 Å². The van der Waals surface area contributed by atoms with E-state index in [9.17, 15) is 9.59 Å². The molecule has 2 amide bonds. The number of nitrogens with zero attached hydrogens (tertiary/aromatic N) is 3. The van der Waals surface area contributed by atoms with Gasteiger partial charge in [0.15, 0.2) is 6.61 Å². The van der Waals surface area contributed by atoms with Crippen molar-refractivity contribution < 1.29 is 14.3 Å². The minimum atomic E-state index is -0.244. The molecular formula is C20H18BrN5O3. The molecule has 148 valence electrons. The number of nitrogens with one attached hydrogen (secondary N) is 2. The predicted molar refractivity (Wildman–Crippen MR) is 111 cm³/mol. The fourth-order valence-corrected chi connectivity index (χ4v) is 3.37. The van der Waals surface area contributed by atoms with Gasteiger partial charge in [-0.1, -0.05) is 28.1 Å². The quantitative estimate of drug-likeness (QED) is 0.614. The monoisotopic (exact) mass is 455 g/mol. The van der Waals surface area contributed by atoms with E-state index in [4.69, 9.17) is 4.74 Å². The summed E-state index contributed by atoms with van der Waals surface area (Å²) in [6, 6.07) is 12.6. The van der Waals surface area contributed by atoms with Crippen LogP contribution in [0.4, 0.5) is 11.6 Å². The van der Waals surface area contributed by atoms with E-state index in [-0.39, 0.29) is 30.9 Å². The number of benzene rings is 2. The van der Waals surface area contributed by atoms with Crippen LogP contribution in [0.2, 0.25) is 0 Å². The maximum atomic E-state index is 12.1. The first kappa shape index (κ1) is 19.1. The van der Waals surface area contributed by atoms with Gasteiger partial charge in [-0.3, -0.25) is 14.9 Å². The van der Waals surface area contributed by atoms with E-state index in [0.717, 1.165) is 15.6 Å². The molecule has 0 unspecified atom stereocenters. The van der Waals surface area contributed by atoms with Gasteiger partial charge in [-0.05, 0) is 48.4 Å². The SMILES string of the molecule is Cc1cc(NC(=O)COc2ccc([C@H]3CC(=O)Nc4ncnn43)cc2)ccc1Br. The number of fused-ring (bicyclic) bond motifs is 1. The maximum absolute atomic E-state index is 12.1. The second-order valence-electron chi connectivity index (χ2n) is 6.67. The van der Waals surface area contributed by atoms with Crippen LogP contribution in [0.1, 0.15) is 23.6 Å². The highest BCUT2D eigenvalue weighted by molar-refractivity contribution is 9.10. The van der Waals surface area contributed by atoms with Gasteiger partial charge in [-0.2, -0.15) is 10.1 Å². The molecule has 9 heteroatoms. The van der Waals surface area contributed by atoms with Gasteiger partial charge in [-0.25, -0.2) is 4.68 Å². The molecule has 3 aromatic rings. The number of hydrogen-bond acceptors (Lipinski definition) is 5. The Morgan fingerprint density at radius 3 is 2.86 bits per heavy atom. The second kappa shape index (κ2) is 8.04. The molecule has 2 heterocycles. The zero-order chi connectivity index (χ0) is 20.4. The Balaban J connectivity index is 1.37. The Morgan fingerprint density at radius 2 is 2.10 bits per heavy atom. The lowest BCUT2D eigenvalue weighted by Gasteiger charge is -2.23. The maximum Gasteiger partial charge on any atom is 0.262 e. The van der Waals surface area contributed by atoms with Crippen LogP contribution in [0, 0.1) is 6.92 Å². The van der Waals surface area contributed by atoms with Crippen LogP contribution in [0.15, 0.2) is 53.3 Å². The lowest BCUT2D eigenvalue weighted by molar-refractivity contribution is -0.118. The number of aromatic nitrogens is 3. The van der Waals surface area contributed by atoms with Gasteiger partial charge < -0.3 is 10.1 Å². The summed E-state index contributed by atoms with van der Waals surface area (Å²) < 4.78 is 8.25. The summed E-state index contributed by atoms with van der Waals surface area (Å²) in [5.74, 6) is 0.657. The first-order valence-corrected chi connectivity index (χ1v) is 9.77. The number of rotatable bonds is 5. The molecule has 0 aliphatic carbocycles. The van der Waals surface area contributed by atoms with Crippen LogP contribution in [-0.4, -0.2) is 33.2 Å². The van der Waals surface area contributed by atoms with E-state index >= 15 is 0 Å². The molecule has 0 radical (unpaired) electrons. The molecule has 4 rings (SSSR count). The normalized spacial score (nSPS) is 15.4. The first-order chi connectivity index (χ1) is 14.0. The van der Waals surface area contributed by atoms with E-state index in [2.05, 4.69) is 36.6 Å². The van der Waals surface area contributed by atoms with Crippen molar-refractivity contribution in [3.63, 3.8) is 0 Å². The lowest BCUT2D eigenvalue weighted by Crippen LogP contribution is -2.29. The Morgan fingerprint density at radius 1 is 1.31 bits per heavy atom. The number of carbonyl (C=O) groups is 2. The van der Waals surface area contributed by atoms with Crippen molar-refractivity contribution in [1.29, 1.82) is 0 Å². The average Bonchev–Trinajstić information content (AvgIpc) is 3.17. The van der Waals surface area contributed by atoms with Crippen LogP contribution in [0.5, 0.6) is 5.75 Å². The van der Waals surface area contributed by atoms with E-state index in [0.29, 0.717) is 17.4 Å². The molecule has 1 aromatic heterocycles. The molecule has 1 atom stereocenters. The smallest absolute Gasteiger partial charge is 0.262 e. The minimum Gasteiger partial charge on any atom is -0.484 e. The standard InChI is InChI=1S/C20H18BrN5O3/c1-12-8-14(4-7-16(12)21)24-19(28)10-29-15-5-2-13(3-6-15)17-9-18(27)25-20-22-11-23-26(17)20/h2-8,11,17H,9-10H2,1H3,(H,24,28)(H,22,23,25,27)/t17-/m1/s1. The Bertz CT molecular complexity index is 1060. The van der Waals surface area contributed by atoms with Gasteiger partial charge in [0.2, 0.25) is 11.9 Å². The Hall–Kier alpha value is -3.20. The van der Waals surface area contributed by atoms with Crippen LogP contribution in [0.3, 0.4) is 0 Å². The lowest BCUT2D eigenvalue weighted by atomic mass is 10.0. The topological polar surface area (TPSA) is 98.1 Å². The number of hydrogen-bond donors (Lipinski definition) is 2. The highest BCUT2D eigenvalue weighted by Gasteiger charge is 2.27. The van der Waals surface area contributed by atoms with Crippen molar-refractivity contribution in [2.24, 2.45) is 0 Å². The first-order valence-electron chi connectivity index (χ1n) is 8.98. The molecule has 1 aliphatic rings. The zero-order valence-electron chi connectivity index (χ0n) is 15.6. The van der Waals surface area contributed by atoms with Crippen molar-refractivity contribution in [2.75, 3.05) is 17.2 Å². The molecule has 0 bridgehead atoms. The number of anilines is 2. The second-order valence-corrected chi connectivity index (χ2v) is 7.52. The number of halogens is 1. The minimum absolute atomic E-state index is 0.101. The molecule has 0 saturated carbocycles. The van der Waals surface area contributed by atoms with Gasteiger partial charge in [0.05, 0.1) is 12.5 Å². The van der Waals surface area contributed by atoms with Gasteiger partial charge in [0.25, 0.3) is 5.91 Å². The van der Waals surface area contributed by atoms with Gasteiger partial charge >= 0.3 is 0 Å². The summed E-state index contributed by atoms with van der Waals surface area (Å²) in [5.41, 5.74) is 2.66. The zero-order valence-corrected chi connectivity index (χ0v) is 17.1. The fourth-order valence-electron chi connectivity index (χ4n) is 3.12. The Kier molecular flexibility index (Phi) is 5.30. The van der Waals surface area contributed by atoms with Gasteiger partial charge in [-0.15, -0.1) is 0 Å². The molecule has 1 aliphatic heterocycles. The van der Waals surface area contributed by atoms with E-state index in [1.807, 2.05) is 37.3 Å². The van der Waals surface area contributed by atoms with Gasteiger partial charge in [0, 0.05) is 10.2 Å². The van der Waals surface area contributed by atoms with Crippen molar-refractivity contribution in [3.8, 4) is 5.75 Å². The van der Waals surface area contributed by atoms with Crippen LogP contribution >= 0.6 is 15.9 Å². The third-order valence-electron chi connectivity index (χ3n) is 4.57. The summed E-state index contributed by atoms with van der Waals surface area (Å²) in [6.07, 6.45) is 1.70. The summed E-state index contributed by atoms with van der Waals surface area (Å²) in [6.45, 7) is 1.85.